The number of aliphatic hydroxyl groups excluding tert-OH is 1. The lowest BCUT2D eigenvalue weighted by Crippen LogP contribution is -2.35. The molecule has 1 aromatic rings. The van der Waals surface area contributed by atoms with Gasteiger partial charge in [0.15, 0.2) is 0 Å². The lowest BCUT2D eigenvalue weighted by Gasteiger charge is -2.28. The molecule has 0 bridgehead atoms. The van der Waals surface area contributed by atoms with E-state index in [4.69, 9.17) is 5.11 Å². The summed E-state index contributed by atoms with van der Waals surface area (Å²) in [4.78, 5) is 2.18. The fourth-order valence-corrected chi connectivity index (χ4v) is 1.47. The van der Waals surface area contributed by atoms with Crippen molar-refractivity contribution >= 4 is 5.69 Å². The van der Waals surface area contributed by atoms with Gasteiger partial charge in [-0.3, -0.25) is 0 Å². The molecular weight excluding hydrogens is 162 g/mol. The Labute approximate surface area is 79.8 Å². The average molecular weight is 179 g/mol. The number of benzene rings is 1. The van der Waals surface area contributed by atoms with Crippen LogP contribution < -0.4 is 4.90 Å². The number of aliphatic hydroxyl groups is 1. The molecule has 0 aliphatic heterocycles. The maximum atomic E-state index is 9.06. The molecule has 1 N–H and O–H groups in total. The SMILES string of the molecule is CCN(c1ccccc1)C(C)CO. The normalized spacial score (nSPS) is 12.5. The lowest BCUT2D eigenvalue weighted by atomic mass is 10.2. The standard InChI is InChI=1S/C11H17NO/c1-3-12(10(2)9-13)11-7-5-4-6-8-11/h4-8,10,13H,3,9H2,1-2H3. The molecule has 2 nitrogen and oxygen atoms in total. The first kappa shape index (κ1) is 10.1. The van der Waals surface area contributed by atoms with Gasteiger partial charge in [-0.2, -0.15) is 0 Å². The van der Waals surface area contributed by atoms with Crippen molar-refractivity contribution in [2.24, 2.45) is 0 Å². The molecule has 1 aromatic carbocycles. The van der Waals surface area contributed by atoms with Crippen molar-refractivity contribution in [1.29, 1.82) is 0 Å². The summed E-state index contributed by atoms with van der Waals surface area (Å²) in [5.41, 5.74) is 1.17. The van der Waals surface area contributed by atoms with Gasteiger partial charge >= 0.3 is 0 Å². The Hall–Kier alpha value is -1.02. The number of hydrogen-bond acceptors (Lipinski definition) is 2. The summed E-state index contributed by atoms with van der Waals surface area (Å²) in [5, 5.41) is 9.06. The van der Waals surface area contributed by atoms with Crippen LogP contribution in [0.25, 0.3) is 0 Å². The summed E-state index contributed by atoms with van der Waals surface area (Å²) in [6, 6.07) is 10.4. The molecule has 0 saturated carbocycles. The Morgan fingerprint density at radius 3 is 2.38 bits per heavy atom. The molecule has 1 unspecified atom stereocenters. The smallest absolute Gasteiger partial charge is 0.0632 e. The van der Waals surface area contributed by atoms with Gasteiger partial charge in [0.05, 0.1) is 6.61 Å². The monoisotopic (exact) mass is 179 g/mol. The van der Waals surface area contributed by atoms with Gasteiger partial charge < -0.3 is 10.0 Å². The molecule has 0 radical (unpaired) electrons. The molecule has 0 aliphatic carbocycles. The molecule has 0 aromatic heterocycles. The highest BCUT2D eigenvalue weighted by Crippen LogP contribution is 2.15. The van der Waals surface area contributed by atoms with E-state index in [0.717, 1.165) is 6.54 Å². The van der Waals surface area contributed by atoms with Crippen LogP contribution in [0, 0.1) is 0 Å². The predicted molar refractivity (Wildman–Crippen MR) is 56.0 cm³/mol. The van der Waals surface area contributed by atoms with E-state index in [1.165, 1.54) is 5.69 Å². The van der Waals surface area contributed by atoms with Crippen LogP contribution in [-0.4, -0.2) is 24.3 Å². The Morgan fingerprint density at radius 1 is 1.31 bits per heavy atom. The molecule has 13 heavy (non-hydrogen) atoms. The molecule has 0 saturated heterocycles. The molecule has 1 atom stereocenters. The van der Waals surface area contributed by atoms with E-state index < -0.39 is 0 Å². The maximum Gasteiger partial charge on any atom is 0.0632 e. The number of rotatable bonds is 4. The van der Waals surface area contributed by atoms with Crippen molar-refractivity contribution in [2.45, 2.75) is 19.9 Å². The van der Waals surface area contributed by atoms with Gasteiger partial charge in [0.25, 0.3) is 0 Å². The zero-order valence-corrected chi connectivity index (χ0v) is 8.27. The second-order valence-corrected chi connectivity index (χ2v) is 3.15. The summed E-state index contributed by atoms with van der Waals surface area (Å²) < 4.78 is 0. The first-order valence-corrected chi connectivity index (χ1v) is 4.72. The zero-order chi connectivity index (χ0) is 9.68. The van der Waals surface area contributed by atoms with Gasteiger partial charge in [0.2, 0.25) is 0 Å². The summed E-state index contributed by atoms with van der Waals surface area (Å²) in [5.74, 6) is 0. The minimum Gasteiger partial charge on any atom is -0.394 e. The third-order valence-corrected chi connectivity index (χ3v) is 2.22. The quantitative estimate of drug-likeness (QED) is 0.763. The van der Waals surface area contributed by atoms with Crippen LogP contribution >= 0.6 is 0 Å². The minimum absolute atomic E-state index is 0.187. The third kappa shape index (κ3) is 2.46. The van der Waals surface area contributed by atoms with E-state index in [1.807, 2.05) is 25.1 Å². The average Bonchev–Trinajstić information content (AvgIpc) is 2.20. The van der Waals surface area contributed by atoms with Crippen LogP contribution in [0.2, 0.25) is 0 Å². The number of para-hydroxylation sites is 1. The predicted octanol–water partition coefficient (Wildman–Crippen LogP) is 1.89. The second-order valence-electron chi connectivity index (χ2n) is 3.15. The minimum atomic E-state index is 0.187. The van der Waals surface area contributed by atoms with Crippen LogP contribution in [0.15, 0.2) is 30.3 Å². The highest BCUT2D eigenvalue weighted by Gasteiger charge is 2.10. The van der Waals surface area contributed by atoms with Crippen LogP contribution in [0.3, 0.4) is 0 Å². The summed E-state index contributed by atoms with van der Waals surface area (Å²) >= 11 is 0. The van der Waals surface area contributed by atoms with Crippen molar-refractivity contribution in [3.05, 3.63) is 30.3 Å². The molecule has 1 rings (SSSR count). The van der Waals surface area contributed by atoms with Gasteiger partial charge in [0.1, 0.15) is 0 Å². The second kappa shape index (κ2) is 4.87. The molecule has 2 heteroatoms. The maximum absolute atomic E-state index is 9.06. The van der Waals surface area contributed by atoms with E-state index in [2.05, 4.69) is 24.0 Å². The molecule has 0 spiro atoms. The van der Waals surface area contributed by atoms with Gasteiger partial charge in [-0.15, -0.1) is 0 Å². The van der Waals surface area contributed by atoms with E-state index >= 15 is 0 Å². The number of nitrogens with zero attached hydrogens (tertiary/aromatic N) is 1. The van der Waals surface area contributed by atoms with Crippen LogP contribution in [-0.2, 0) is 0 Å². The summed E-state index contributed by atoms with van der Waals surface area (Å²) in [6.45, 7) is 5.24. The lowest BCUT2D eigenvalue weighted by molar-refractivity contribution is 0.267. The molecule has 0 fully saturated rings. The van der Waals surface area contributed by atoms with Crippen LogP contribution in [0.5, 0.6) is 0 Å². The highest BCUT2D eigenvalue weighted by molar-refractivity contribution is 5.46. The van der Waals surface area contributed by atoms with Crippen molar-refractivity contribution in [3.63, 3.8) is 0 Å². The Kier molecular flexibility index (Phi) is 3.77. The number of anilines is 1. The Bertz CT molecular complexity index is 235. The van der Waals surface area contributed by atoms with Crippen LogP contribution in [0.4, 0.5) is 5.69 Å². The molecule has 0 aliphatic rings. The van der Waals surface area contributed by atoms with Crippen molar-refractivity contribution < 1.29 is 5.11 Å². The molecule has 72 valence electrons. The largest absolute Gasteiger partial charge is 0.394 e. The first-order chi connectivity index (χ1) is 6.29. The number of likely N-dealkylation sites (N-methyl/N-ethyl adjacent to an activating group) is 1. The zero-order valence-electron chi connectivity index (χ0n) is 8.27. The molecule has 0 heterocycles. The highest BCUT2D eigenvalue weighted by atomic mass is 16.3. The van der Waals surface area contributed by atoms with Crippen molar-refractivity contribution in [2.75, 3.05) is 18.1 Å². The Morgan fingerprint density at radius 2 is 1.92 bits per heavy atom. The summed E-state index contributed by atoms with van der Waals surface area (Å²) in [7, 11) is 0. The van der Waals surface area contributed by atoms with E-state index in [0.29, 0.717) is 0 Å². The first-order valence-electron chi connectivity index (χ1n) is 4.72. The van der Waals surface area contributed by atoms with E-state index in [-0.39, 0.29) is 12.6 Å². The summed E-state index contributed by atoms with van der Waals surface area (Å²) in [6.07, 6.45) is 0. The van der Waals surface area contributed by atoms with E-state index in [9.17, 15) is 0 Å². The molecular formula is C11H17NO. The fraction of sp³-hybridized carbons (Fsp3) is 0.455. The van der Waals surface area contributed by atoms with Crippen LogP contribution in [0.1, 0.15) is 13.8 Å². The molecule has 0 amide bonds. The Balaban J connectivity index is 2.78. The topological polar surface area (TPSA) is 23.5 Å². The van der Waals surface area contributed by atoms with E-state index in [1.54, 1.807) is 0 Å². The number of hydrogen-bond donors (Lipinski definition) is 1. The van der Waals surface area contributed by atoms with Gasteiger partial charge in [-0.25, -0.2) is 0 Å². The van der Waals surface area contributed by atoms with Gasteiger partial charge in [-0.1, -0.05) is 18.2 Å². The third-order valence-electron chi connectivity index (χ3n) is 2.22. The van der Waals surface area contributed by atoms with Crippen molar-refractivity contribution in [1.82, 2.24) is 0 Å². The fourth-order valence-electron chi connectivity index (χ4n) is 1.47. The van der Waals surface area contributed by atoms with Gasteiger partial charge in [-0.05, 0) is 26.0 Å². The van der Waals surface area contributed by atoms with Crippen molar-refractivity contribution in [3.8, 4) is 0 Å². The van der Waals surface area contributed by atoms with Gasteiger partial charge in [0, 0.05) is 18.3 Å².